The number of methoxy groups -OCH3 is 1. The predicted octanol–water partition coefficient (Wildman–Crippen LogP) is 3.75. The summed E-state index contributed by atoms with van der Waals surface area (Å²) in [5.41, 5.74) is 0.991. The van der Waals surface area contributed by atoms with E-state index in [4.69, 9.17) is 4.74 Å². The smallest absolute Gasteiger partial charge is 0.335 e. The van der Waals surface area contributed by atoms with Gasteiger partial charge in [-0.15, -0.1) is 0 Å². The Bertz CT molecular complexity index is 1240. The van der Waals surface area contributed by atoms with Crippen molar-refractivity contribution in [3.8, 4) is 5.75 Å². The molecule has 31 heavy (non-hydrogen) atoms. The van der Waals surface area contributed by atoms with Crippen LogP contribution in [-0.2, 0) is 10.0 Å². The van der Waals surface area contributed by atoms with Crippen molar-refractivity contribution in [1.82, 2.24) is 0 Å². The molecule has 0 atom stereocenters. The Morgan fingerprint density at radius 1 is 0.935 bits per heavy atom. The van der Waals surface area contributed by atoms with E-state index < -0.39 is 21.9 Å². The highest BCUT2D eigenvalue weighted by Crippen LogP contribution is 2.23. The van der Waals surface area contributed by atoms with Gasteiger partial charge in [-0.2, -0.15) is 0 Å². The zero-order valence-corrected chi connectivity index (χ0v) is 17.6. The summed E-state index contributed by atoms with van der Waals surface area (Å²) in [7, 11) is -2.60. The molecule has 0 fully saturated rings. The number of anilines is 2. The maximum absolute atomic E-state index is 12.8. The molecule has 3 N–H and O–H groups in total. The van der Waals surface area contributed by atoms with Gasteiger partial charge in [0.05, 0.1) is 28.8 Å². The monoisotopic (exact) mass is 440 g/mol. The molecule has 8 nitrogen and oxygen atoms in total. The summed E-state index contributed by atoms with van der Waals surface area (Å²) in [6.07, 6.45) is 0. The molecule has 0 aliphatic carbocycles. The molecular formula is C22H20N2O6S. The molecule has 0 saturated carbocycles. The fourth-order valence-electron chi connectivity index (χ4n) is 2.85. The molecule has 3 rings (SSSR count). The number of carboxylic acids is 1. The molecule has 0 bridgehead atoms. The number of hydrogen-bond acceptors (Lipinski definition) is 5. The third kappa shape index (κ3) is 5.01. The molecule has 0 heterocycles. The summed E-state index contributed by atoms with van der Waals surface area (Å²) in [4.78, 5) is 23.9. The number of amides is 1. The number of ether oxygens (including phenoxy) is 1. The van der Waals surface area contributed by atoms with Gasteiger partial charge in [0, 0.05) is 5.69 Å². The molecule has 160 valence electrons. The number of aromatic carboxylic acids is 1. The van der Waals surface area contributed by atoms with Crippen LogP contribution in [0.15, 0.2) is 71.6 Å². The van der Waals surface area contributed by atoms with Gasteiger partial charge in [-0.1, -0.05) is 18.2 Å². The molecule has 0 aromatic heterocycles. The van der Waals surface area contributed by atoms with E-state index in [-0.39, 0.29) is 21.7 Å². The van der Waals surface area contributed by atoms with Crippen molar-refractivity contribution in [2.24, 2.45) is 0 Å². The quantitative estimate of drug-likeness (QED) is 0.514. The highest BCUT2D eigenvalue weighted by atomic mass is 32.2. The van der Waals surface area contributed by atoms with Crippen LogP contribution < -0.4 is 14.8 Å². The zero-order chi connectivity index (χ0) is 22.6. The van der Waals surface area contributed by atoms with Crippen LogP contribution in [0.5, 0.6) is 5.75 Å². The van der Waals surface area contributed by atoms with Crippen molar-refractivity contribution in [2.75, 3.05) is 17.1 Å². The lowest BCUT2D eigenvalue weighted by Gasteiger charge is -2.14. The summed E-state index contributed by atoms with van der Waals surface area (Å²) < 4.78 is 33.1. The molecule has 0 radical (unpaired) electrons. The van der Waals surface area contributed by atoms with E-state index in [1.807, 2.05) is 0 Å². The number of para-hydroxylation sites is 1. The maximum atomic E-state index is 12.8. The molecule has 0 saturated heterocycles. The van der Waals surface area contributed by atoms with Gasteiger partial charge in [0.2, 0.25) is 0 Å². The largest absolute Gasteiger partial charge is 0.497 e. The van der Waals surface area contributed by atoms with Crippen molar-refractivity contribution >= 4 is 33.3 Å². The molecule has 0 unspecified atom stereocenters. The average molecular weight is 440 g/mol. The molecular weight excluding hydrogens is 420 g/mol. The van der Waals surface area contributed by atoms with Crippen molar-refractivity contribution in [3.05, 3.63) is 83.4 Å². The number of rotatable bonds is 7. The van der Waals surface area contributed by atoms with Crippen molar-refractivity contribution < 1.29 is 27.9 Å². The number of carbonyl (C=O) groups excluding carboxylic acids is 1. The lowest BCUT2D eigenvalue weighted by Crippen LogP contribution is -2.19. The van der Waals surface area contributed by atoms with E-state index in [0.29, 0.717) is 17.0 Å². The minimum atomic E-state index is -4.13. The fraction of sp³-hybridized carbons (Fsp3) is 0.0909. The number of hydrogen-bond donors (Lipinski definition) is 3. The van der Waals surface area contributed by atoms with E-state index in [0.717, 1.165) is 6.07 Å². The van der Waals surface area contributed by atoms with E-state index in [2.05, 4.69) is 10.0 Å². The van der Waals surface area contributed by atoms with E-state index in [1.54, 1.807) is 43.3 Å². The SMILES string of the molecule is COc1ccc(NC(=O)c2ccccc2NS(=O)(=O)c2ccc(C)c(C(=O)O)c2)cc1. The van der Waals surface area contributed by atoms with Crippen molar-refractivity contribution in [1.29, 1.82) is 0 Å². The van der Waals surface area contributed by atoms with Crippen LogP contribution in [0.3, 0.4) is 0 Å². The first-order valence-corrected chi connectivity index (χ1v) is 10.6. The van der Waals surface area contributed by atoms with Gasteiger partial charge < -0.3 is 15.2 Å². The van der Waals surface area contributed by atoms with Crippen LogP contribution in [-0.4, -0.2) is 32.5 Å². The van der Waals surface area contributed by atoms with Gasteiger partial charge in [-0.3, -0.25) is 9.52 Å². The van der Waals surface area contributed by atoms with E-state index in [1.165, 1.54) is 31.4 Å². The van der Waals surface area contributed by atoms with Crippen molar-refractivity contribution in [2.45, 2.75) is 11.8 Å². The number of carbonyl (C=O) groups is 2. The van der Waals surface area contributed by atoms with Gasteiger partial charge in [0.15, 0.2) is 0 Å². The second-order valence-electron chi connectivity index (χ2n) is 6.62. The highest BCUT2D eigenvalue weighted by molar-refractivity contribution is 7.92. The Morgan fingerprint density at radius 3 is 2.26 bits per heavy atom. The maximum Gasteiger partial charge on any atom is 0.335 e. The average Bonchev–Trinajstić information content (AvgIpc) is 2.74. The minimum Gasteiger partial charge on any atom is -0.497 e. The molecule has 1 amide bonds. The van der Waals surface area contributed by atoms with Crippen LogP contribution in [0, 0.1) is 6.92 Å². The van der Waals surface area contributed by atoms with Gasteiger partial charge in [-0.05, 0) is 61.0 Å². The second-order valence-corrected chi connectivity index (χ2v) is 8.30. The summed E-state index contributed by atoms with van der Waals surface area (Å²) in [6.45, 7) is 1.58. The Morgan fingerprint density at radius 2 is 1.61 bits per heavy atom. The second kappa shape index (κ2) is 8.88. The molecule has 9 heteroatoms. The number of carboxylic acid groups (broad SMARTS) is 1. The Labute approximate surface area is 179 Å². The first-order chi connectivity index (χ1) is 14.7. The first kappa shape index (κ1) is 21.8. The Hall–Kier alpha value is -3.85. The van der Waals surface area contributed by atoms with Crippen LogP contribution in [0.25, 0.3) is 0 Å². The molecule has 0 spiro atoms. The normalized spacial score (nSPS) is 10.9. The van der Waals surface area contributed by atoms with Gasteiger partial charge in [-0.25, -0.2) is 13.2 Å². The summed E-state index contributed by atoms with van der Waals surface area (Å²) in [6, 6.07) is 16.6. The topological polar surface area (TPSA) is 122 Å². The molecule has 0 aliphatic heterocycles. The van der Waals surface area contributed by atoms with Gasteiger partial charge in [0.1, 0.15) is 5.75 Å². The van der Waals surface area contributed by atoms with Crippen LogP contribution >= 0.6 is 0 Å². The third-order valence-electron chi connectivity index (χ3n) is 4.51. The minimum absolute atomic E-state index is 0.0611. The van der Waals surface area contributed by atoms with Crippen LogP contribution in [0.1, 0.15) is 26.3 Å². The third-order valence-corrected chi connectivity index (χ3v) is 5.88. The summed E-state index contributed by atoms with van der Waals surface area (Å²) in [5, 5.41) is 12.0. The number of sulfonamides is 1. The lowest BCUT2D eigenvalue weighted by atomic mass is 10.1. The van der Waals surface area contributed by atoms with Gasteiger partial charge >= 0.3 is 5.97 Å². The number of benzene rings is 3. The highest BCUT2D eigenvalue weighted by Gasteiger charge is 2.21. The summed E-state index contributed by atoms with van der Waals surface area (Å²) in [5.74, 6) is -1.11. The molecule has 3 aromatic rings. The molecule has 0 aliphatic rings. The zero-order valence-electron chi connectivity index (χ0n) is 16.7. The molecule has 3 aromatic carbocycles. The standard InChI is InChI=1S/C22H20N2O6S/c1-14-7-12-17(13-19(14)22(26)27)31(28,29)24-20-6-4-3-5-18(20)21(25)23-15-8-10-16(30-2)11-9-15/h3-13,24H,1-2H3,(H,23,25)(H,26,27). The van der Waals surface area contributed by atoms with Crippen molar-refractivity contribution in [3.63, 3.8) is 0 Å². The number of nitrogens with one attached hydrogen (secondary N) is 2. The fourth-order valence-corrected chi connectivity index (χ4v) is 3.95. The van der Waals surface area contributed by atoms with E-state index in [9.17, 15) is 23.1 Å². The van der Waals surface area contributed by atoms with Crippen LogP contribution in [0.2, 0.25) is 0 Å². The Kier molecular flexibility index (Phi) is 6.26. The summed E-state index contributed by atoms with van der Waals surface area (Å²) >= 11 is 0. The lowest BCUT2D eigenvalue weighted by molar-refractivity contribution is 0.0695. The first-order valence-electron chi connectivity index (χ1n) is 9.12. The van der Waals surface area contributed by atoms with E-state index >= 15 is 0 Å². The van der Waals surface area contributed by atoms with Crippen LogP contribution in [0.4, 0.5) is 11.4 Å². The number of aryl methyl sites for hydroxylation is 1. The van der Waals surface area contributed by atoms with Gasteiger partial charge in [0.25, 0.3) is 15.9 Å². The predicted molar refractivity (Wildman–Crippen MR) is 116 cm³/mol. The Balaban J connectivity index is 1.88.